The number of halogens is 2. The average molecular weight is 447 g/mol. The summed E-state index contributed by atoms with van der Waals surface area (Å²) >= 11 is 19.1. The monoisotopic (exact) mass is 446 g/mol. The highest BCUT2D eigenvalue weighted by Crippen LogP contribution is 2.34. The van der Waals surface area contributed by atoms with Gasteiger partial charge in [-0.05, 0) is 36.8 Å². The van der Waals surface area contributed by atoms with Crippen LogP contribution in [0.25, 0.3) is 17.0 Å². The molecule has 1 aliphatic heterocycles. The predicted molar refractivity (Wildman–Crippen MR) is 123 cm³/mol. The van der Waals surface area contributed by atoms with Gasteiger partial charge >= 0.3 is 0 Å². The van der Waals surface area contributed by atoms with Gasteiger partial charge in [0.25, 0.3) is 5.91 Å². The molecule has 0 spiro atoms. The van der Waals surface area contributed by atoms with Crippen molar-refractivity contribution in [3.8, 4) is 0 Å². The fourth-order valence-electron chi connectivity index (χ4n) is 3.27. The lowest BCUT2D eigenvalue weighted by Gasteiger charge is -2.09. The fourth-order valence-corrected chi connectivity index (χ4v) is 5.11. The van der Waals surface area contributed by atoms with E-state index in [0.29, 0.717) is 32.4 Å². The van der Waals surface area contributed by atoms with E-state index in [1.807, 2.05) is 43.5 Å². The zero-order valence-corrected chi connectivity index (χ0v) is 18.1. The smallest absolute Gasteiger partial charge is 0.266 e. The zero-order chi connectivity index (χ0) is 19.8. The van der Waals surface area contributed by atoms with E-state index in [1.54, 1.807) is 11.0 Å². The van der Waals surface area contributed by atoms with Crippen LogP contribution in [0, 0.1) is 0 Å². The van der Waals surface area contributed by atoms with Crippen molar-refractivity contribution < 1.29 is 4.79 Å². The Labute approximate surface area is 182 Å². The molecule has 7 heteroatoms. The van der Waals surface area contributed by atoms with Crippen molar-refractivity contribution in [1.29, 1.82) is 0 Å². The number of thioether (sulfide) groups is 1. The van der Waals surface area contributed by atoms with Gasteiger partial charge in [-0.25, -0.2) is 0 Å². The molecule has 0 bridgehead atoms. The molecule has 0 saturated carbocycles. The SMILES string of the molecule is CCN1C(=O)/C(=C/c2cn(Cc3ccc(Cl)cc3Cl)c3ccccc23)SC1=S. The maximum Gasteiger partial charge on any atom is 0.266 e. The Morgan fingerprint density at radius 2 is 1.96 bits per heavy atom. The number of aromatic nitrogens is 1. The summed E-state index contributed by atoms with van der Waals surface area (Å²) in [6.45, 7) is 3.12. The number of carbonyl (C=O) groups is 1. The molecule has 0 unspecified atom stereocenters. The zero-order valence-electron chi connectivity index (χ0n) is 15.0. The van der Waals surface area contributed by atoms with Crippen molar-refractivity contribution in [3.63, 3.8) is 0 Å². The number of fused-ring (bicyclic) bond motifs is 1. The van der Waals surface area contributed by atoms with Crippen molar-refractivity contribution in [2.45, 2.75) is 13.5 Å². The highest BCUT2D eigenvalue weighted by Gasteiger charge is 2.30. The summed E-state index contributed by atoms with van der Waals surface area (Å²) in [7, 11) is 0. The molecule has 0 N–H and O–H groups in total. The van der Waals surface area contributed by atoms with E-state index in [1.165, 1.54) is 11.8 Å². The lowest BCUT2D eigenvalue weighted by Crippen LogP contribution is -2.27. The number of amides is 1. The highest BCUT2D eigenvalue weighted by molar-refractivity contribution is 8.26. The van der Waals surface area contributed by atoms with E-state index >= 15 is 0 Å². The minimum Gasteiger partial charge on any atom is -0.342 e. The molecular weight excluding hydrogens is 431 g/mol. The number of likely N-dealkylation sites (N-methyl/N-ethyl adjacent to an activating group) is 1. The molecule has 1 aromatic heterocycles. The van der Waals surface area contributed by atoms with Crippen molar-refractivity contribution in [1.82, 2.24) is 9.47 Å². The first-order valence-electron chi connectivity index (χ1n) is 8.75. The van der Waals surface area contributed by atoms with E-state index in [2.05, 4.69) is 16.7 Å². The molecule has 2 aromatic carbocycles. The standard InChI is InChI=1S/C21H16Cl2N2OS2/c1-2-25-20(26)19(28-21(25)27)9-14-12-24(18-6-4-3-5-16(14)18)11-13-7-8-15(22)10-17(13)23/h3-10,12H,2,11H2,1H3/b19-9-. The Bertz CT molecular complexity index is 1140. The van der Waals surface area contributed by atoms with Gasteiger partial charge < -0.3 is 4.57 Å². The lowest BCUT2D eigenvalue weighted by atomic mass is 10.1. The number of rotatable bonds is 4. The Balaban J connectivity index is 1.76. The molecule has 3 aromatic rings. The average Bonchev–Trinajstić information content (AvgIpc) is 3.15. The fraction of sp³-hybridized carbons (Fsp3) is 0.143. The van der Waals surface area contributed by atoms with Crippen LogP contribution in [-0.2, 0) is 11.3 Å². The third-order valence-electron chi connectivity index (χ3n) is 4.65. The van der Waals surface area contributed by atoms with E-state index in [-0.39, 0.29) is 5.91 Å². The van der Waals surface area contributed by atoms with Gasteiger partial charge in [-0.2, -0.15) is 0 Å². The third-order valence-corrected chi connectivity index (χ3v) is 6.62. The Morgan fingerprint density at radius 1 is 1.18 bits per heavy atom. The van der Waals surface area contributed by atoms with Crippen molar-refractivity contribution in [3.05, 3.63) is 74.7 Å². The second-order valence-corrected chi connectivity index (χ2v) is 8.91. The molecule has 142 valence electrons. The number of hydrogen-bond acceptors (Lipinski definition) is 3. The van der Waals surface area contributed by atoms with Crippen LogP contribution >= 0.6 is 47.2 Å². The molecule has 0 radical (unpaired) electrons. The first-order valence-corrected chi connectivity index (χ1v) is 10.7. The summed E-state index contributed by atoms with van der Waals surface area (Å²) < 4.78 is 2.74. The van der Waals surface area contributed by atoms with Crippen LogP contribution in [0.1, 0.15) is 18.1 Å². The maximum absolute atomic E-state index is 12.6. The largest absolute Gasteiger partial charge is 0.342 e. The van der Waals surface area contributed by atoms with Gasteiger partial charge in [0, 0.05) is 45.8 Å². The molecule has 0 aliphatic carbocycles. The molecule has 3 nitrogen and oxygen atoms in total. The van der Waals surface area contributed by atoms with Crippen LogP contribution in [0.5, 0.6) is 0 Å². The van der Waals surface area contributed by atoms with E-state index in [0.717, 1.165) is 22.0 Å². The topological polar surface area (TPSA) is 25.2 Å². The molecule has 0 atom stereocenters. The van der Waals surface area contributed by atoms with Gasteiger partial charge in [-0.3, -0.25) is 9.69 Å². The summed E-state index contributed by atoms with van der Waals surface area (Å²) in [5.74, 6) is -0.0323. The quantitative estimate of drug-likeness (QED) is 0.351. The minimum absolute atomic E-state index is 0.0323. The normalized spacial score (nSPS) is 16.0. The molecule has 1 fully saturated rings. The van der Waals surface area contributed by atoms with Crippen LogP contribution < -0.4 is 0 Å². The number of hydrogen-bond donors (Lipinski definition) is 0. The maximum atomic E-state index is 12.6. The first-order chi connectivity index (χ1) is 13.5. The van der Waals surface area contributed by atoms with Crippen LogP contribution in [0.15, 0.2) is 53.6 Å². The third kappa shape index (κ3) is 3.60. The van der Waals surface area contributed by atoms with Crippen molar-refractivity contribution >= 4 is 74.4 Å². The van der Waals surface area contributed by atoms with Crippen LogP contribution in [0.3, 0.4) is 0 Å². The lowest BCUT2D eigenvalue weighted by molar-refractivity contribution is -0.121. The second-order valence-electron chi connectivity index (χ2n) is 6.39. The summed E-state index contributed by atoms with van der Waals surface area (Å²) in [4.78, 5) is 14.8. The summed E-state index contributed by atoms with van der Waals surface area (Å²) in [5, 5.41) is 2.33. The molecule has 1 saturated heterocycles. The molecular formula is C21H16Cl2N2OS2. The van der Waals surface area contributed by atoms with E-state index in [4.69, 9.17) is 35.4 Å². The number of nitrogens with zero attached hydrogens (tertiary/aromatic N) is 2. The summed E-state index contributed by atoms with van der Waals surface area (Å²) in [5.41, 5.74) is 3.04. The second kappa shape index (κ2) is 7.91. The number of thiocarbonyl (C=S) groups is 1. The number of carbonyl (C=O) groups excluding carboxylic acids is 1. The summed E-state index contributed by atoms with van der Waals surface area (Å²) in [6.07, 6.45) is 3.98. The molecule has 1 amide bonds. The first kappa shape index (κ1) is 19.5. The Kier molecular flexibility index (Phi) is 5.52. The van der Waals surface area contributed by atoms with Gasteiger partial charge in [0.1, 0.15) is 4.32 Å². The molecule has 2 heterocycles. The van der Waals surface area contributed by atoms with Crippen molar-refractivity contribution in [2.75, 3.05) is 6.54 Å². The van der Waals surface area contributed by atoms with Crippen molar-refractivity contribution in [2.24, 2.45) is 0 Å². The van der Waals surface area contributed by atoms with Gasteiger partial charge in [-0.1, -0.05) is 71.4 Å². The van der Waals surface area contributed by atoms with Crippen LogP contribution in [0.4, 0.5) is 0 Å². The number of benzene rings is 2. The van der Waals surface area contributed by atoms with Gasteiger partial charge in [0.05, 0.1) is 4.91 Å². The van der Waals surface area contributed by atoms with Gasteiger partial charge in [0.2, 0.25) is 0 Å². The minimum atomic E-state index is -0.0323. The van der Waals surface area contributed by atoms with Crippen LogP contribution in [-0.4, -0.2) is 26.2 Å². The van der Waals surface area contributed by atoms with Gasteiger partial charge in [0.15, 0.2) is 0 Å². The van der Waals surface area contributed by atoms with Gasteiger partial charge in [-0.15, -0.1) is 0 Å². The highest BCUT2D eigenvalue weighted by atomic mass is 35.5. The Hall–Kier alpha value is -1.79. The van der Waals surface area contributed by atoms with Crippen LogP contribution in [0.2, 0.25) is 10.0 Å². The van der Waals surface area contributed by atoms with E-state index in [9.17, 15) is 4.79 Å². The molecule has 28 heavy (non-hydrogen) atoms. The summed E-state index contributed by atoms with van der Waals surface area (Å²) in [6, 6.07) is 13.6. The molecule has 4 rings (SSSR count). The number of para-hydroxylation sites is 1. The predicted octanol–water partition coefficient (Wildman–Crippen LogP) is 6.22. The Morgan fingerprint density at radius 3 is 2.68 bits per heavy atom. The van der Waals surface area contributed by atoms with E-state index < -0.39 is 0 Å². The molecule has 1 aliphatic rings.